The Kier molecular flexibility index (Phi) is 5.13. The van der Waals surface area contributed by atoms with Gasteiger partial charge in [0.1, 0.15) is 0 Å². The quantitative estimate of drug-likeness (QED) is 0.486. The summed E-state index contributed by atoms with van der Waals surface area (Å²) in [6.07, 6.45) is 2.03. The van der Waals surface area contributed by atoms with E-state index in [2.05, 4.69) is 10.1 Å². The Balaban J connectivity index is 3.15. The van der Waals surface area contributed by atoms with Crippen LogP contribution in [-0.4, -0.2) is 19.5 Å². The molecule has 0 aliphatic rings. The van der Waals surface area contributed by atoms with Gasteiger partial charge in [-0.15, -0.1) is 0 Å². The van der Waals surface area contributed by atoms with E-state index in [1.165, 1.54) is 13.2 Å². The summed E-state index contributed by atoms with van der Waals surface area (Å²) in [4.78, 5) is 21.9. The second-order valence-electron chi connectivity index (χ2n) is 3.35. The lowest BCUT2D eigenvalue weighted by Gasteiger charge is -2.06. The number of ether oxygens (including phenoxy) is 1. The lowest BCUT2D eigenvalue weighted by Crippen LogP contribution is -2.04. The lowest BCUT2D eigenvalue weighted by molar-refractivity contribution is -0.136. The first-order valence-corrected chi connectivity index (χ1v) is 5.18. The number of nitrogens with zero attached hydrogens (tertiary/aromatic N) is 1. The van der Waals surface area contributed by atoms with Crippen molar-refractivity contribution in [1.82, 2.24) is 0 Å². The molecule has 0 heterocycles. The first-order chi connectivity index (χ1) is 8.72. The summed E-state index contributed by atoms with van der Waals surface area (Å²) in [5.41, 5.74) is 1.44. The van der Waals surface area contributed by atoms with Gasteiger partial charge in [0.05, 0.1) is 25.2 Å². The molecule has 1 aromatic rings. The molecule has 0 atom stereocenters. The maximum Gasteiger partial charge on any atom is 0.334 e. The minimum absolute atomic E-state index is 0.0535. The number of amides is 1. The predicted octanol–water partition coefficient (Wildman–Crippen LogP) is 1.72. The summed E-state index contributed by atoms with van der Waals surface area (Å²) < 4.78 is 4.59. The van der Waals surface area contributed by atoms with Crippen LogP contribution in [0.2, 0.25) is 0 Å². The normalized spacial score (nSPS) is 10.3. The average molecular weight is 244 g/mol. The topological polar surface area (TPSA) is 79.2 Å². The second kappa shape index (κ2) is 6.86. The molecule has 0 aliphatic heterocycles. The van der Waals surface area contributed by atoms with Gasteiger partial charge in [-0.1, -0.05) is 18.2 Å². The van der Waals surface area contributed by atoms with E-state index >= 15 is 0 Å². The van der Waals surface area contributed by atoms with E-state index in [4.69, 9.17) is 5.26 Å². The van der Waals surface area contributed by atoms with Crippen molar-refractivity contribution in [1.29, 1.82) is 5.26 Å². The lowest BCUT2D eigenvalue weighted by atomic mass is 10.1. The maximum absolute atomic E-state index is 11.4. The van der Waals surface area contributed by atoms with Crippen molar-refractivity contribution in [3.63, 3.8) is 0 Å². The first-order valence-electron chi connectivity index (χ1n) is 5.18. The zero-order chi connectivity index (χ0) is 13.4. The number of para-hydroxylation sites is 1. The van der Waals surface area contributed by atoms with Crippen LogP contribution in [0.15, 0.2) is 29.8 Å². The van der Waals surface area contributed by atoms with Gasteiger partial charge in [-0.2, -0.15) is 5.26 Å². The molecule has 0 fully saturated rings. The fourth-order valence-electron chi connectivity index (χ4n) is 1.40. The van der Waals surface area contributed by atoms with Gasteiger partial charge in [0.2, 0.25) is 6.41 Å². The van der Waals surface area contributed by atoms with Crippen LogP contribution in [0.1, 0.15) is 12.0 Å². The fourth-order valence-corrected chi connectivity index (χ4v) is 1.40. The van der Waals surface area contributed by atoms with Crippen molar-refractivity contribution in [3.8, 4) is 6.07 Å². The highest BCUT2D eigenvalue weighted by atomic mass is 16.5. The molecule has 0 unspecified atom stereocenters. The molecule has 92 valence electrons. The zero-order valence-electron chi connectivity index (χ0n) is 9.84. The summed E-state index contributed by atoms with van der Waals surface area (Å²) in [5.74, 6) is -0.558. The molecular formula is C13H12N2O3. The molecule has 0 saturated heterocycles. The number of carbonyl (C=O) groups excluding carboxylic acids is 2. The minimum atomic E-state index is -0.558. The number of nitriles is 1. The summed E-state index contributed by atoms with van der Waals surface area (Å²) in [6.45, 7) is 0. The highest BCUT2D eigenvalue weighted by Gasteiger charge is 2.10. The van der Waals surface area contributed by atoms with E-state index in [0.29, 0.717) is 17.7 Å². The van der Waals surface area contributed by atoms with E-state index in [1.54, 1.807) is 24.3 Å². The predicted molar refractivity (Wildman–Crippen MR) is 66.4 cm³/mol. The van der Waals surface area contributed by atoms with Crippen LogP contribution in [0.5, 0.6) is 0 Å². The Morgan fingerprint density at radius 1 is 1.50 bits per heavy atom. The van der Waals surface area contributed by atoms with Gasteiger partial charge >= 0.3 is 5.97 Å². The summed E-state index contributed by atoms with van der Waals surface area (Å²) in [7, 11) is 1.25. The number of methoxy groups -OCH3 is 1. The van der Waals surface area contributed by atoms with Crippen molar-refractivity contribution in [2.75, 3.05) is 12.4 Å². The van der Waals surface area contributed by atoms with Crippen molar-refractivity contribution in [3.05, 3.63) is 35.4 Å². The molecule has 0 radical (unpaired) electrons. The maximum atomic E-state index is 11.4. The number of esters is 1. The molecule has 5 nitrogen and oxygen atoms in total. The van der Waals surface area contributed by atoms with Gasteiger partial charge in [0.15, 0.2) is 0 Å². The van der Waals surface area contributed by atoms with E-state index in [0.717, 1.165) is 0 Å². The smallest absolute Gasteiger partial charge is 0.334 e. The number of carbonyl (C=O) groups is 2. The van der Waals surface area contributed by atoms with Crippen LogP contribution in [-0.2, 0) is 14.3 Å². The van der Waals surface area contributed by atoms with Crippen LogP contribution < -0.4 is 5.32 Å². The fraction of sp³-hybridized carbons (Fsp3) is 0.154. The zero-order valence-corrected chi connectivity index (χ0v) is 9.84. The van der Waals surface area contributed by atoms with Crippen LogP contribution in [0.4, 0.5) is 5.69 Å². The third kappa shape index (κ3) is 3.46. The number of hydrogen-bond donors (Lipinski definition) is 1. The first kappa shape index (κ1) is 13.5. The largest absolute Gasteiger partial charge is 0.466 e. The molecule has 5 heteroatoms. The van der Waals surface area contributed by atoms with Gasteiger partial charge < -0.3 is 10.1 Å². The van der Waals surface area contributed by atoms with Gasteiger partial charge in [-0.3, -0.25) is 4.79 Å². The van der Waals surface area contributed by atoms with Crippen LogP contribution in [0.25, 0.3) is 6.08 Å². The molecule has 1 aromatic carbocycles. The van der Waals surface area contributed by atoms with Gasteiger partial charge in [0, 0.05) is 5.69 Å². The third-order valence-corrected chi connectivity index (χ3v) is 2.22. The molecular weight excluding hydrogens is 232 g/mol. The number of hydrogen-bond acceptors (Lipinski definition) is 4. The summed E-state index contributed by atoms with van der Waals surface area (Å²) in [6, 6.07) is 8.84. The highest BCUT2D eigenvalue weighted by Crippen LogP contribution is 2.19. The number of rotatable bonds is 5. The van der Waals surface area contributed by atoms with Crippen LogP contribution >= 0.6 is 0 Å². The van der Waals surface area contributed by atoms with Crippen LogP contribution in [0, 0.1) is 11.3 Å². The second-order valence-corrected chi connectivity index (χ2v) is 3.35. The van der Waals surface area contributed by atoms with Gasteiger partial charge in [-0.25, -0.2) is 4.79 Å². The Morgan fingerprint density at radius 3 is 2.83 bits per heavy atom. The van der Waals surface area contributed by atoms with E-state index < -0.39 is 5.97 Å². The molecule has 18 heavy (non-hydrogen) atoms. The molecule has 1 amide bonds. The molecule has 1 N–H and O–H groups in total. The van der Waals surface area contributed by atoms with Crippen molar-refractivity contribution in [2.24, 2.45) is 0 Å². The Labute approximate surface area is 105 Å². The van der Waals surface area contributed by atoms with Gasteiger partial charge in [-0.05, 0) is 17.7 Å². The van der Waals surface area contributed by atoms with E-state index in [1.807, 2.05) is 6.07 Å². The van der Waals surface area contributed by atoms with E-state index in [9.17, 15) is 9.59 Å². The monoisotopic (exact) mass is 244 g/mol. The number of benzene rings is 1. The standard InChI is InChI=1S/C13H12N2O3/c1-18-13(17)11(6-7-14)8-10-4-2-3-5-12(10)15-9-16/h2-5,8-9H,6H2,1H3,(H,15,16)/b11-8+. The number of nitrogens with one attached hydrogen (secondary N) is 1. The summed E-state index contributed by atoms with van der Waals surface area (Å²) >= 11 is 0. The van der Waals surface area contributed by atoms with E-state index in [-0.39, 0.29) is 12.0 Å². The van der Waals surface area contributed by atoms with Crippen molar-refractivity contribution < 1.29 is 14.3 Å². The minimum Gasteiger partial charge on any atom is -0.466 e. The molecule has 0 saturated carbocycles. The molecule has 0 bridgehead atoms. The van der Waals surface area contributed by atoms with Crippen molar-refractivity contribution >= 4 is 24.1 Å². The molecule has 0 aliphatic carbocycles. The summed E-state index contributed by atoms with van der Waals surface area (Å²) in [5, 5.41) is 11.2. The number of anilines is 1. The molecule has 0 aromatic heterocycles. The molecule has 0 spiro atoms. The Bertz CT molecular complexity index is 515. The Hall–Kier alpha value is -2.61. The highest BCUT2D eigenvalue weighted by molar-refractivity contribution is 5.95. The van der Waals surface area contributed by atoms with Gasteiger partial charge in [0.25, 0.3) is 0 Å². The molecule has 1 rings (SSSR count). The van der Waals surface area contributed by atoms with Crippen molar-refractivity contribution in [2.45, 2.75) is 6.42 Å². The third-order valence-electron chi connectivity index (χ3n) is 2.22. The van der Waals surface area contributed by atoms with Crippen LogP contribution in [0.3, 0.4) is 0 Å². The Morgan fingerprint density at radius 2 is 2.22 bits per heavy atom. The SMILES string of the molecule is COC(=O)/C(=C/c1ccccc1NC=O)CC#N. The average Bonchev–Trinajstić information content (AvgIpc) is 2.39.